The molecule has 0 unspecified atom stereocenters. The number of hydrogen-bond acceptors (Lipinski definition) is 7. The van der Waals surface area contributed by atoms with E-state index in [9.17, 15) is 4.79 Å². The molecule has 2 aromatic rings. The van der Waals surface area contributed by atoms with Crippen LogP contribution in [0.4, 0.5) is 0 Å². The highest BCUT2D eigenvalue weighted by molar-refractivity contribution is 7.09. The average Bonchev–Trinajstić information content (AvgIpc) is 3.29. The van der Waals surface area contributed by atoms with Crippen LogP contribution in [0.1, 0.15) is 28.6 Å². The van der Waals surface area contributed by atoms with Crippen LogP contribution in [0.2, 0.25) is 0 Å². The number of hydrogen-bond donors (Lipinski definition) is 0. The fraction of sp³-hybridized carbons (Fsp3) is 0.611. The maximum Gasteiger partial charge on any atom is 0.243 e. The summed E-state index contributed by atoms with van der Waals surface area (Å²) in [5.41, 5.74) is 0.671. The van der Waals surface area contributed by atoms with Crippen LogP contribution in [0, 0.1) is 6.92 Å². The summed E-state index contributed by atoms with van der Waals surface area (Å²) in [7, 11) is 2.11. The number of thiazole rings is 2. The monoisotopic (exact) mass is 391 g/mol. The van der Waals surface area contributed by atoms with Gasteiger partial charge in [-0.2, -0.15) is 0 Å². The number of aryl methyl sites for hydroxylation is 1. The van der Waals surface area contributed by atoms with Crippen molar-refractivity contribution in [1.29, 1.82) is 0 Å². The molecule has 8 heteroatoms. The van der Waals surface area contributed by atoms with Crippen molar-refractivity contribution in [2.24, 2.45) is 0 Å². The molecule has 26 heavy (non-hydrogen) atoms. The van der Waals surface area contributed by atoms with Crippen molar-refractivity contribution in [2.75, 3.05) is 33.2 Å². The molecule has 0 aliphatic carbocycles. The average molecular weight is 392 g/mol. The van der Waals surface area contributed by atoms with Crippen molar-refractivity contribution >= 4 is 28.6 Å². The Hall–Kier alpha value is -1.35. The highest BCUT2D eigenvalue weighted by atomic mass is 32.1. The third-order valence-corrected chi connectivity index (χ3v) is 7.25. The molecule has 140 valence electrons. The normalized spacial score (nSPS) is 21.6. The highest BCUT2D eigenvalue weighted by Gasteiger charge is 2.49. The van der Waals surface area contributed by atoms with Gasteiger partial charge in [-0.25, -0.2) is 9.97 Å². The minimum Gasteiger partial charge on any atom is -0.334 e. The van der Waals surface area contributed by atoms with Gasteiger partial charge in [0.25, 0.3) is 0 Å². The number of carbonyl (C=O) groups is 1. The first-order chi connectivity index (χ1) is 12.6. The number of aromatic nitrogens is 2. The number of amides is 1. The van der Waals surface area contributed by atoms with Gasteiger partial charge >= 0.3 is 0 Å². The van der Waals surface area contributed by atoms with Gasteiger partial charge in [0.15, 0.2) is 0 Å². The van der Waals surface area contributed by atoms with Gasteiger partial charge in [0.2, 0.25) is 5.91 Å². The lowest BCUT2D eigenvalue weighted by Gasteiger charge is -2.51. The standard InChI is InChI=1S/C18H25N5OS2/c1-14-20-15(13-26-14)11-23-9-8-21(2)18(17(23)24)3-6-22(7-4-18)12-16-19-5-10-25-16/h5,10,13H,3-4,6-9,11-12H2,1-2H3. The van der Waals surface area contributed by atoms with Gasteiger partial charge in [-0.15, -0.1) is 22.7 Å². The largest absolute Gasteiger partial charge is 0.334 e. The Morgan fingerprint density at radius 1 is 1.15 bits per heavy atom. The van der Waals surface area contributed by atoms with Crippen LogP contribution >= 0.6 is 22.7 Å². The summed E-state index contributed by atoms with van der Waals surface area (Å²) in [6.45, 7) is 7.16. The highest BCUT2D eigenvalue weighted by Crippen LogP contribution is 2.34. The van der Waals surface area contributed by atoms with E-state index in [1.807, 2.05) is 23.4 Å². The number of piperidine rings is 1. The number of likely N-dealkylation sites (N-methyl/N-ethyl adjacent to an activating group) is 1. The molecular formula is C18H25N5OS2. The smallest absolute Gasteiger partial charge is 0.243 e. The Labute approximate surface area is 162 Å². The summed E-state index contributed by atoms with van der Waals surface area (Å²) in [6.07, 6.45) is 3.64. The molecule has 2 aliphatic heterocycles. The second kappa shape index (κ2) is 7.34. The molecule has 2 aromatic heterocycles. The van der Waals surface area contributed by atoms with E-state index < -0.39 is 0 Å². The van der Waals surface area contributed by atoms with E-state index in [-0.39, 0.29) is 11.4 Å². The van der Waals surface area contributed by atoms with E-state index in [1.165, 1.54) is 0 Å². The van der Waals surface area contributed by atoms with Gasteiger partial charge in [0, 0.05) is 43.1 Å². The summed E-state index contributed by atoms with van der Waals surface area (Å²) >= 11 is 3.36. The second-order valence-electron chi connectivity index (χ2n) is 7.24. The van der Waals surface area contributed by atoms with Crippen LogP contribution in [0.25, 0.3) is 0 Å². The van der Waals surface area contributed by atoms with Crippen LogP contribution in [0.5, 0.6) is 0 Å². The lowest BCUT2D eigenvalue weighted by atomic mass is 9.82. The van der Waals surface area contributed by atoms with Crippen LogP contribution in [0.15, 0.2) is 17.0 Å². The van der Waals surface area contributed by atoms with Crippen LogP contribution < -0.4 is 0 Å². The Morgan fingerprint density at radius 3 is 2.62 bits per heavy atom. The Morgan fingerprint density at radius 2 is 1.96 bits per heavy atom. The van der Waals surface area contributed by atoms with Crippen molar-refractivity contribution in [1.82, 2.24) is 24.7 Å². The van der Waals surface area contributed by atoms with E-state index >= 15 is 0 Å². The fourth-order valence-corrected chi connectivity index (χ4v) is 5.33. The van der Waals surface area contributed by atoms with Crippen molar-refractivity contribution in [3.05, 3.63) is 32.7 Å². The van der Waals surface area contributed by atoms with Crippen LogP contribution in [-0.2, 0) is 17.9 Å². The molecule has 0 bridgehead atoms. The minimum absolute atomic E-state index is 0.283. The Balaban J connectivity index is 1.43. The first kappa shape index (κ1) is 18.0. The van der Waals surface area contributed by atoms with Gasteiger partial charge in [0.05, 0.1) is 23.8 Å². The molecule has 0 aromatic carbocycles. The number of likely N-dealkylation sites (tertiary alicyclic amines) is 1. The molecular weight excluding hydrogens is 366 g/mol. The molecule has 0 N–H and O–H groups in total. The van der Waals surface area contributed by atoms with Crippen molar-refractivity contribution in [3.8, 4) is 0 Å². The number of nitrogens with zero attached hydrogens (tertiary/aromatic N) is 5. The number of piperazine rings is 1. The van der Waals surface area contributed by atoms with Gasteiger partial charge in [-0.1, -0.05) is 0 Å². The maximum atomic E-state index is 13.4. The third-order valence-electron chi connectivity index (χ3n) is 5.67. The molecule has 1 amide bonds. The molecule has 2 aliphatic rings. The number of rotatable bonds is 4. The first-order valence-electron chi connectivity index (χ1n) is 9.09. The van der Waals surface area contributed by atoms with Crippen molar-refractivity contribution in [3.63, 3.8) is 0 Å². The predicted molar refractivity (Wildman–Crippen MR) is 104 cm³/mol. The van der Waals surface area contributed by atoms with Gasteiger partial charge < -0.3 is 4.90 Å². The van der Waals surface area contributed by atoms with Crippen molar-refractivity contribution in [2.45, 2.75) is 38.4 Å². The Bertz CT molecular complexity index is 751. The summed E-state index contributed by atoms with van der Waals surface area (Å²) in [5.74, 6) is 0.283. The SMILES string of the molecule is Cc1nc(CN2CCN(C)C3(CCN(Cc4nccs4)CC3)C2=O)cs1. The molecule has 2 saturated heterocycles. The van der Waals surface area contributed by atoms with Crippen LogP contribution in [-0.4, -0.2) is 69.3 Å². The van der Waals surface area contributed by atoms with Gasteiger partial charge in [0.1, 0.15) is 10.5 Å². The van der Waals surface area contributed by atoms with Gasteiger partial charge in [-0.05, 0) is 26.8 Å². The minimum atomic E-state index is -0.345. The summed E-state index contributed by atoms with van der Waals surface area (Å²) in [6, 6.07) is 0. The quantitative estimate of drug-likeness (QED) is 0.800. The van der Waals surface area contributed by atoms with Gasteiger partial charge in [-0.3, -0.25) is 14.6 Å². The summed E-state index contributed by atoms with van der Waals surface area (Å²) in [4.78, 5) is 29.0. The summed E-state index contributed by atoms with van der Waals surface area (Å²) < 4.78 is 0. The molecule has 0 atom stereocenters. The van der Waals surface area contributed by atoms with E-state index in [0.717, 1.165) is 61.3 Å². The zero-order valence-electron chi connectivity index (χ0n) is 15.3. The lowest BCUT2D eigenvalue weighted by molar-refractivity contribution is -0.155. The number of carbonyl (C=O) groups excluding carboxylic acids is 1. The molecule has 4 rings (SSSR count). The summed E-state index contributed by atoms with van der Waals surface area (Å²) in [5, 5.41) is 6.32. The zero-order chi connectivity index (χ0) is 18.1. The molecule has 2 fully saturated rings. The third kappa shape index (κ3) is 3.43. The molecule has 1 spiro atoms. The lowest BCUT2D eigenvalue weighted by Crippen LogP contribution is -2.67. The van der Waals surface area contributed by atoms with Crippen LogP contribution in [0.3, 0.4) is 0 Å². The van der Waals surface area contributed by atoms with E-state index in [2.05, 4.69) is 32.2 Å². The van der Waals surface area contributed by atoms with E-state index in [4.69, 9.17) is 0 Å². The second-order valence-corrected chi connectivity index (χ2v) is 9.28. The molecule has 4 heterocycles. The Kier molecular flexibility index (Phi) is 5.09. The van der Waals surface area contributed by atoms with E-state index in [1.54, 1.807) is 22.7 Å². The first-order valence-corrected chi connectivity index (χ1v) is 10.9. The van der Waals surface area contributed by atoms with E-state index in [0.29, 0.717) is 6.54 Å². The maximum absolute atomic E-state index is 13.4. The van der Waals surface area contributed by atoms with Crippen molar-refractivity contribution < 1.29 is 4.79 Å². The molecule has 0 saturated carbocycles. The zero-order valence-corrected chi connectivity index (χ0v) is 17.0. The topological polar surface area (TPSA) is 52.6 Å². The fourth-order valence-electron chi connectivity index (χ4n) is 4.07. The predicted octanol–water partition coefficient (Wildman–Crippen LogP) is 2.22. The molecule has 6 nitrogen and oxygen atoms in total. The molecule has 0 radical (unpaired) electrons.